The molecule has 2 nitrogen and oxygen atoms in total. The number of carbonyl (C=O) groups excluding carboxylic acids is 1. The van der Waals surface area contributed by atoms with Gasteiger partial charge >= 0.3 is 0 Å². The van der Waals surface area contributed by atoms with Gasteiger partial charge in [0.1, 0.15) is 0 Å². The Hall–Kier alpha value is -2.61. The van der Waals surface area contributed by atoms with Gasteiger partial charge in [-0.1, -0.05) is 110 Å². The Kier molecular flexibility index (Phi) is 13.7. The summed E-state index contributed by atoms with van der Waals surface area (Å²) >= 11 is 0. The van der Waals surface area contributed by atoms with Crippen molar-refractivity contribution in [2.24, 2.45) is 5.92 Å². The highest BCUT2D eigenvalue weighted by atomic mass is 16.1. The molecule has 0 bridgehead atoms. The fourth-order valence-electron chi connectivity index (χ4n) is 2.86. The summed E-state index contributed by atoms with van der Waals surface area (Å²) in [5, 5.41) is 3.12. The van der Waals surface area contributed by atoms with Crippen molar-refractivity contribution in [3.63, 3.8) is 0 Å². The van der Waals surface area contributed by atoms with E-state index in [1.54, 1.807) is 6.08 Å². The summed E-state index contributed by atoms with van der Waals surface area (Å²) in [5.41, 5.74) is 2.40. The molecule has 0 spiro atoms. The molecule has 1 N–H and O–H groups in total. The lowest BCUT2D eigenvalue weighted by Gasteiger charge is -2.14. The average molecular weight is 406 g/mol. The smallest absolute Gasteiger partial charge is 0.244 e. The molecular weight excluding hydrogens is 366 g/mol. The zero-order chi connectivity index (χ0) is 22.0. The molecule has 1 aliphatic rings. The van der Waals surface area contributed by atoms with Crippen LogP contribution in [0.15, 0.2) is 96.2 Å². The highest BCUT2D eigenvalue weighted by molar-refractivity contribution is 5.88. The van der Waals surface area contributed by atoms with Gasteiger partial charge in [0.2, 0.25) is 5.91 Å². The third-order valence-corrected chi connectivity index (χ3v) is 4.74. The van der Waals surface area contributed by atoms with Crippen LogP contribution in [0.1, 0.15) is 59.8 Å². The van der Waals surface area contributed by atoms with Gasteiger partial charge in [-0.15, -0.1) is 0 Å². The molecule has 0 saturated heterocycles. The Bertz CT molecular complexity index is 741. The molecule has 2 heteroatoms. The molecule has 0 aliphatic carbocycles. The molecule has 1 heterocycles. The minimum Gasteiger partial charge on any atom is -0.349 e. The number of amides is 1. The molecule has 1 rings (SSSR count). The number of carbonyl (C=O) groups is 1. The molecule has 0 aromatic heterocycles. The van der Waals surface area contributed by atoms with Gasteiger partial charge < -0.3 is 5.32 Å². The lowest BCUT2D eigenvalue weighted by molar-refractivity contribution is -0.117. The maximum absolute atomic E-state index is 12.3. The van der Waals surface area contributed by atoms with Crippen LogP contribution in [0.5, 0.6) is 0 Å². The van der Waals surface area contributed by atoms with E-state index in [-0.39, 0.29) is 11.9 Å². The van der Waals surface area contributed by atoms with Crippen molar-refractivity contribution in [3.05, 3.63) is 96.2 Å². The topological polar surface area (TPSA) is 29.1 Å². The predicted octanol–water partition coefficient (Wildman–Crippen LogP) is 7.32. The van der Waals surface area contributed by atoms with Crippen LogP contribution in [0.2, 0.25) is 0 Å². The SMILES string of the molecule is CCC/C=C/CC1C/C=C/C=C(C)/C=C/C=C\C(C)C/C=C(C)/C=C/C=C/C(=O)N1. The summed E-state index contributed by atoms with van der Waals surface area (Å²) < 4.78 is 0. The number of unbranched alkanes of at least 4 members (excludes halogenated alkanes) is 1. The quantitative estimate of drug-likeness (QED) is 0.488. The van der Waals surface area contributed by atoms with Crippen molar-refractivity contribution in [1.82, 2.24) is 5.32 Å². The largest absolute Gasteiger partial charge is 0.349 e. The monoisotopic (exact) mass is 405 g/mol. The second kappa shape index (κ2) is 16.2. The minimum atomic E-state index is -0.0496. The van der Waals surface area contributed by atoms with Crippen molar-refractivity contribution in [3.8, 4) is 0 Å². The summed E-state index contributed by atoms with van der Waals surface area (Å²) in [6, 6.07) is 0.0939. The average Bonchev–Trinajstić information content (AvgIpc) is 2.72. The van der Waals surface area contributed by atoms with Gasteiger partial charge in [-0.05, 0) is 45.4 Å². The summed E-state index contributed by atoms with van der Waals surface area (Å²) in [7, 11) is 0. The third-order valence-electron chi connectivity index (χ3n) is 4.74. The first-order chi connectivity index (χ1) is 14.5. The molecule has 1 aliphatic heterocycles. The van der Waals surface area contributed by atoms with E-state index >= 15 is 0 Å². The van der Waals surface area contributed by atoms with E-state index in [9.17, 15) is 4.79 Å². The van der Waals surface area contributed by atoms with Gasteiger partial charge in [-0.2, -0.15) is 0 Å². The molecule has 1 amide bonds. The summed E-state index contributed by atoms with van der Waals surface area (Å²) in [6.07, 6.45) is 33.7. The van der Waals surface area contributed by atoms with E-state index in [2.05, 4.69) is 93.8 Å². The second-order valence-corrected chi connectivity index (χ2v) is 7.90. The fraction of sp³-hybridized carbons (Fsp3) is 0.393. The zero-order valence-corrected chi connectivity index (χ0v) is 19.2. The molecular formula is C28H39NO. The molecule has 0 aromatic carbocycles. The molecule has 2 unspecified atom stereocenters. The van der Waals surface area contributed by atoms with Crippen molar-refractivity contribution in [2.75, 3.05) is 0 Å². The van der Waals surface area contributed by atoms with E-state index in [4.69, 9.17) is 0 Å². The Labute approximate surface area is 184 Å². The van der Waals surface area contributed by atoms with Crippen LogP contribution in [0.3, 0.4) is 0 Å². The van der Waals surface area contributed by atoms with Gasteiger partial charge in [0.05, 0.1) is 0 Å². The van der Waals surface area contributed by atoms with Crippen LogP contribution in [0.25, 0.3) is 0 Å². The molecule has 0 radical (unpaired) electrons. The maximum atomic E-state index is 12.3. The number of rotatable bonds is 4. The Morgan fingerprint density at radius 1 is 0.967 bits per heavy atom. The van der Waals surface area contributed by atoms with Gasteiger partial charge in [0, 0.05) is 12.1 Å². The van der Waals surface area contributed by atoms with E-state index < -0.39 is 0 Å². The van der Waals surface area contributed by atoms with E-state index in [1.807, 2.05) is 18.2 Å². The molecule has 2 atom stereocenters. The minimum absolute atomic E-state index is 0.0496. The lowest BCUT2D eigenvalue weighted by atomic mass is 10.0. The number of hydrogen-bond donors (Lipinski definition) is 1. The van der Waals surface area contributed by atoms with Crippen molar-refractivity contribution in [1.29, 1.82) is 0 Å². The van der Waals surface area contributed by atoms with Gasteiger partial charge in [0.25, 0.3) is 0 Å². The molecule has 0 fully saturated rings. The van der Waals surface area contributed by atoms with Gasteiger partial charge in [0.15, 0.2) is 0 Å². The number of nitrogens with one attached hydrogen (secondary N) is 1. The first kappa shape index (κ1) is 25.4. The summed E-state index contributed by atoms with van der Waals surface area (Å²) in [4.78, 5) is 12.3. The highest BCUT2D eigenvalue weighted by Gasteiger charge is 2.07. The molecule has 0 aromatic rings. The van der Waals surface area contributed by atoms with Crippen molar-refractivity contribution >= 4 is 5.91 Å². The zero-order valence-electron chi connectivity index (χ0n) is 19.2. The predicted molar refractivity (Wildman–Crippen MR) is 132 cm³/mol. The molecule has 0 saturated carbocycles. The Balaban J connectivity index is 2.94. The van der Waals surface area contributed by atoms with Crippen LogP contribution in [0.4, 0.5) is 0 Å². The second-order valence-electron chi connectivity index (χ2n) is 7.90. The molecule has 162 valence electrons. The third kappa shape index (κ3) is 13.5. The van der Waals surface area contributed by atoms with Gasteiger partial charge in [-0.25, -0.2) is 0 Å². The van der Waals surface area contributed by atoms with Crippen LogP contribution in [-0.2, 0) is 4.79 Å². The number of allylic oxidation sites excluding steroid dienone is 13. The normalized spacial score (nSPS) is 30.9. The maximum Gasteiger partial charge on any atom is 0.244 e. The van der Waals surface area contributed by atoms with Crippen LogP contribution in [-0.4, -0.2) is 11.9 Å². The van der Waals surface area contributed by atoms with E-state index in [0.29, 0.717) is 5.92 Å². The van der Waals surface area contributed by atoms with Crippen molar-refractivity contribution in [2.45, 2.75) is 65.8 Å². The van der Waals surface area contributed by atoms with Crippen LogP contribution in [0, 0.1) is 5.92 Å². The molecule has 30 heavy (non-hydrogen) atoms. The Morgan fingerprint density at radius 3 is 2.50 bits per heavy atom. The summed E-state index contributed by atoms with van der Waals surface area (Å²) in [5.74, 6) is 0.434. The van der Waals surface area contributed by atoms with Crippen LogP contribution >= 0.6 is 0 Å². The Morgan fingerprint density at radius 2 is 1.70 bits per heavy atom. The summed E-state index contributed by atoms with van der Waals surface area (Å²) in [6.45, 7) is 8.57. The van der Waals surface area contributed by atoms with Crippen LogP contribution < -0.4 is 5.32 Å². The fourth-order valence-corrected chi connectivity index (χ4v) is 2.86. The van der Waals surface area contributed by atoms with Crippen molar-refractivity contribution < 1.29 is 4.79 Å². The standard InChI is InChI=1S/C28H39NO/c1-5-6-7-8-19-27-20-13-11-16-24(2)15-9-10-17-25(3)22-23-26(4)18-12-14-21-28(30)29-27/h7-18,21,23,25,27H,5-6,19-20,22H2,1-4H3,(H,29,30)/b8-7+,13-11+,15-9+,17-10-,18-12+,21-14+,24-16+,26-23+. The van der Waals surface area contributed by atoms with E-state index in [0.717, 1.165) is 32.1 Å². The highest BCUT2D eigenvalue weighted by Crippen LogP contribution is 2.09. The van der Waals surface area contributed by atoms with Gasteiger partial charge in [-0.3, -0.25) is 4.79 Å². The first-order valence-electron chi connectivity index (χ1n) is 11.2. The van der Waals surface area contributed by atoms with E-state index in [1.165, 1.54) is 11.1 Å². The lowest BCUT2D eigenvalue weighted by Crippen LogP contribution is -2.32. The number of hydrogen-bond acceptors (Lipinski definition) is 1. The first-order valence-corrected chi connectivity index (χ1v) is 11.2.